The zero-order valence-corrected chi connectivity index (χ0v) is 13.8. The fourth-order valence-corrected chi connectivity index (χ4v) is 3.31. The minimum absolute atomic E-state index is 0.0378. The molecule has 1 saturated heterocycles. The third-order valence-corrected chi connectivity index (χ3v) is 4.64. The lowest BCUT2D eigenvalue weighted by atomic mass is 10.1. The highest BCUT2D eigenvalue weighted by atomic mass is 16.5. The van der Waals surface area contributed by atoms with E-state index in [0.717, 1.165) is 35.2 Å². The highest BCUT2D eigenvalue weighted by Gasteiger charge is 2.34. The van der Waals surface area contributed by atoms with Gasteiger partial charge in [-0.2, -0.15) is 5.10 Å². The van der Waals surface area contributed by atoms with Gasteiger partial charge in [0.05, 0.1) is 11.6 Å². The molecule has 6 nitrogen and oxygen atoms in total. The van der Waals surface area contributed by atoms with Crippen molar-refractivity contribution in [2.75, 3.05) is 6.54 Å². The van der Waals surface area contributed by atoms with Gasteiger partial charge in [-0.3, -0.25) is 9.89 Å². The fraction of sp³-hybridized carbons (Fsp3) is 0.389. The summed E-state index contributed by atoms with van der Waals surface area (Å²) in [5.74, 6) is 1.09. The van der Waals surface area contributed by atoms with E-state index in [1.807, 2.05) is 35.2 Å². The second-order valence-electron chi connectivity index (χ2n) is 6.58. The average molecular weight is 324 g/mol. The van der Waals surface area contributed by atoms with Gasteiger partial charge in [-0.15, -0.1) is 0 Å². The van der Waals surface area contributed by atoms with E-state index in [4.69, 9.17) is 4.52 Å². The van der Waals surface area contributed by atoms with Crippen molar-refractivity contribution < 1.29 is 9.32 Å². The van der Waals surface area contributed by atoms with Crippen molar-refractivity contribution >= 4 is 16.8 Å². The van der Waals surface area contributed by atoms with Crippen molar-refractivity contribution in [1.82, 2.24) is 20.3 Å². The molecule has 0 spiro atoms. The molecule has 3 heterocycles. The van der Waals surface area contributed by atoms with Crippen LogP contribution in [0, 0.1) is 0 Å². The van der Waals surface area contributed by atoms with Crippen molar-refractivity contribution in [2.24, 2.45) is 0 Å². The molecule has 0 bridgehead atoms. The Balaban J connectivity index is 1.65. The van der Waals surface area contributed by atoms with Crippen molar-refractivity contribution in [3.8, 4) is 0 Å². The van der Waals surface area contributed by atoms with Crippen LogP contribution in [0.2, 0.25) is 0 Å². The molecule has 0 radical (unpaired) electrons. The number of fused-ring (bicyclic) bond motifs is 1. The van der Waals surface area contributed by atoms with Gasteiger partial charge in [0.2, 0.25) is 0 Å². The molecule has 3 aromatic rings. The van der Waals surface area contributed by atoms with Gasteiger partial charge in [0.1, 0.15) is 11.5 Å². The van der Waals surface area contributed by atoms with Gasteiger partial charge in [0.25, 0.3) is 5.91 Å². The number of aromatic nitrogens is 3. The molecule has 1 aromatic carbocycles. The lowest BCUT2D eigenvalue weighted by molar-refractivity contribution is 0.0726. The first kappa shape index (κ1) is 14.9. The van der Waals surface area contributed by atoms with Crippen molar-refractivity contribution in [1.29, 1.82) is 0 Å². The van der Waals surface area contributed by atoms with E-state index in [9.17, 15) is 4.79 Å². The molecule has 1 aliphatic rings. The molecule has 0 unspecified atom stereocenters. The largest absolute Gasteiger partial charge is 0.361 e. The first-order valence-corrected chi connectivity index (χ1v) is 8.35. The summed E-state index contributed by atoms with van der Waals surface area (Å²) in [6.07, 6.45) is 1.86. The predicted octanol–water partition coefficient (Wildman–Crippen LogP) is 3.65. The van der Waals surface area contributed by atoms with E-state index < -0.39 is 0 Å². The quantitative estimate of drug-likeness (QED) is 0.798. The van der Waals surface area contributed by atoms with Crippen LogP contribution < -0.4 is 0 Å². The van der Waals surface area contributed by atoms with Gasteiger partial charge in [-0.05, 0) is 18.9 Å². The van der Waals surface area contributed by atoms with Crippen molar-refractivity contribution in [3.05, 3.63) is 47.5 Å². The van der Waals surface area contributed by atoms with Crippen LogP contribution in [0.1, 0.15) is 60.6 Å². The highest BCUT2D eigenvalue weighted by molar-refractivity contribution is 6.04. The third-order valence-electron chi connectivity index (χ3n) is 4.64. The maximum Gasteiger partial charge on any atom is 0.275 e. The number of hydrogen-bond acceptors (Lipinski definition) is 4. The molecule has 24 heavy (non-hydrogen) atoms. The van der Waals surface area contributed by atoms with E-state index in [1.54, 1.807) is 0 Å². The maximum atomic E-state index is 13.0. The smallest absolute Gasteiger partial charge is 0.275 e. The van der Waals surface area contributed by atoms with Crippen LogP contribution in [-0.2, 0) is 0 Å². The van der Waals surface area contributed by atoms with Crippen LogP contribution in [0.15, 0.2) is 34.9 Å². The van der Waals surface area contributed by atoms with Gasteiger partial charge >= 0.3 is 0 Å². The molecule has 1 fully saturated rings. The molecule has 6 heteroatoms. The minimum atomic E-state index is -0.0518. The molecule has 1 atom stereocenters. The summed E-state index contributed by atoms with van der Waals surface area (Å²) in [6, 6.07) is 9.63. The Labute approximate surface area is 139 Å². The number of rotatable bonds is 3. The summed E-state index contributed by atoms with van der Waals surface area (Å²) in [5.41, 5.74) is 2.19. The van der Waals surface area contributed by atoms with E-state index in [1.165, 1.54) is 0 Å². The number of amides is 1. The number of carbonyl (C=O) groups excluding carboxylic acids is 1. The Hall–Kier alpha value is -2.63. The van der Waals surface area contributed by atoms with E-state index >= 15 is 0 Å². The fourth-order valence-electron chi connectivity index (χ4n) is 3.31. The van der Waals surface area contributed by atoms with E-state index in [2.05, 4.69) is 29.2 Å². The van der Waals surface area contributed by atoms with Crippen LogP contribution in [0.25, 0.3) is 10.9 Å². The highest BCUT2D eigenvalue weighted by Crippen LogP contribution is 2.34. The number of nitrogens with one attached hydrogen (secondary N) is 1. The molecule has 124 valence electrons. The summed E-state index contributed by atoms with van der Waals surface area (Å²) in [6.45, 7) is 4.85. The standard InChI is InChI=1S/C18H20N4O2/c1-11(2)16-10-14(21-24-16)15-8-5-9-22(15)18(23)17-12-6-3-4-7-13(12)19-20-17/h3-4,6-7,10-11,15H,5,8-9H2,1-2H3,(H,19,20)/t15-/m1/s1. The van der Waals surface area contributed by atoms with Crippen LogP contribution in [0.3, 0.4) is 0 Å². The zero-order chi connectivity index (χ0) is 16.7. The lowest BCUT2D eigenvalue weighted by Gasteiger charge is -2.22. The summed E-state index contributed by atoms with van der Waals surface area (Å²) in [4.78, 5) is 14.9. The maximum absolute atomic E-state index is 13.0. The molecule has 1 aliphatic heterocycles. The minimum Gasteiger partial charge on any atom is -0.361 e. The SMILES string of the molecule is CC(C)c1cc([C@H]2CCCN2C(=O)c2n[nH]c3ccccc23)no1. The topological polar surface area (TPSA) is 75.0 Å². The molecule has 0 aliphatic carbocycles. The van der Waals surface area contributed by atoms with Crippen LogP contribution in [0.4, 0.5) is 0 Å². The number of hydrogen-bond donors (Lipinski definition) is 1. The number of aromatic amines is 1. The zero-order valence-electron chi connectivity index (χ0n) is 13.8. The lowest BCUT2D eigenvalue weighted by Crippen LogP contribution is -2.31. The van der Waals surface area contributed by atoms with Gasteiger partial charge in [-0.25, -0.2) is 0 Å². The summed E-state index contributed by atoms with van der Waals surface area (Å²) in [7, 11) is 0. The summed E-state index contributed by atoms with van der Waals surface area (Å²) < 4.78 is 5.42. The second kappa shape index (κ2) is 5.78. The van der Waals surface area contributed by atoms with Crippen LogP contribution in [0.5, 0.6) is 0 Å². The molecular formula is C18H20N4O2. The Kier molecular flexibility index (Phi) is 3.59. The van der Waals surface area contributed by atoms with Crippen molar-refractivity contribution in [2.45, 2.75) is 38.6 Å². The van der Waals surface area contributed by atoms with Gasteiger partial charge in [-0.1, -0.05) is 37.2 Å². The van der Waals surface area contributed by atoms with E-state index in [0.29, 0.717) is 12.2 Å². The third kappa shape index (κ3) is 2.38. The first-order chi connectivity index (χ1) is 11.6. The van der Waals surface area contributed by atoms with Crippen LogP contribution in [-0.4, -0.2) is 32.7 Å². The second-order valence-corrected chi connectivity index (χ2v) is 6.58. The Morgan fingerprint density at radius 3 is 3.00 bits per heavy atom. The number of benzene rings is 1. The number of carbonyl (C=O) groups is 1. The van der Waals surface area contributed by atoms with E-state index in [-0.39, 0.29) is 17.9 Å². The van der Waals surface area contributed by atoms with Crippen molar-refractivity contribution in [3.63, 3.8) is 0 Å². The Morgan fingerprint density at radius 2 is 2.21 bits per heavy atom. The number of H-pyrrole nitrogens is 1. The molecule has 4 rings (SSSR count). The predicted molar refractivity (Wildman–Crippen MR) is 89.7 cm³/mol. The van der Waals surface area contributed by atoms with Gasteiger partial charge in [0.15, 0.2) is 5.69 Å². The first-order valence-electron chi connectivity index (χ1n) is 8.35. The van der Waals surface area contributed by atoms with Crippen LogP contribution >= 0.6 is 0 Å². The number of nitrogens with zero attached hydrogens (tertiary/aromatic N) is 3. The number of para-hydroxylation sites is 1. The number of likely N-dealkylation sites (tertiary alicyclic amines) is 1. The molecule has 1 amide bonds. The molecular weight excluding hydrogens is 304 g/mol. The van der Waals surface area contributed by atoms with Gasteiger partial charge < -0.3 is 9.42 Å². The Morgan fingerprint density at radius 1 is 1.38 bits per heavy atom. The molecule has 2 aromatic heterocycles. The molecule has 1 N–H and O–H groups in total. The average Bonchev–Trinajstić information content (AvgIpc) is 3.31. The van der Waals surface area contributed by atoms with Gasteiger partial charge in [0, 0.05) is 23.9 Å². The Bertz CT molecular complexity index is 880. The summed E-state index contributed by atoms with van der Waals surface area (Å²) in [5, 5.41) is 12.2. The molecule has 0 saturated carbocycles. The normalized spacial score (nSPS) is 18.0. The summed E-state index contributed by atoms with van der Waals surface area (Å²) >= 11 is 0. The monoisotopic (exact) mass is 324 g/mol.